The first-order valence-corrected chi connectivity index (χ1v) is 11.5. The Morgan fingerprint density at radius 3 is 0.806 bits per heavy atom. The largest absolute Gasteiger partial charge is 0.481 e. The number of hydrogen-bond donors (Lipinski definition) is 3. The average molecular weight is 573 g/mol. The van der Waals surface area contributed by atoms with E-state index in [-0.39, 0.29) is 41.7 Å². The van der Waals surface area contributed by atoms with Crippen molar-refractivity contribution in [2.45, 2.75) is 119 Å². The predicted octanol–water partition coefficient (Wildman–Crippen LogP) is 6.86. The second-order valence-corrected chi connectivity index (χ2v) is 9.10. The standard InChI is InChI=1S/3C8H16O2.Ce/c3*1-7(2)5-3-4-6-8(9)10;/h3*7H,3-6H2,1-2H3,(H,9,10);. The second kappa shape index (κ2) is 27.8. The van der Waals surface area contributed by atoms with E-state index < -0.39 is 17.9 Å². The normalized spacial score (nSPS) is 9.97. The number of hydrogen-bond acceptors (Lipinski definition) is 3. The van der Waals surface area contributed by atoms with Crippen LogP contribution in [0.2, 0.25) is 0 Å². The van der Waals surface area contributed by atoms with Gasteiger partial charge in [0.05, 0.1) is 0 Å². The molecule has 0 amide bonds. The third-order valence-electron chi connectivity index (χ3n) is 4.27. The van der Waals surface area contributed by atoms with Crippen LogP contribution in [0.5, 0.6) is 0 Å². The van der Waals surface area contributed by atoms with E-state index in [1.807, 2.05) is 0 Å². The summed E-state index contributed by atoms with van der Waals surface area (Å²) >= 11 is 0. The fourth-order valence-electron chi connectivity index (χ4n) is 2.49. The summed E-state index contributed by atoms with van der Waals surface area (Å²) in [5, 5.41) is 24.8. The molecule has 0 rings (SSSR count). The minimum atomic E-state index is -0.677. The molecule has 0 aromatic heterocycles. The molecule has 0 aromatic carbocycles. The van der Waals surface area contributed by atoms with Crippen LogP contribution < -0.4 is 0 Å². The van der Waals surface area contributed by atoms with Crippen molar-refractivity contribution in [3.63, 3.8) is 0 Å². The molecule has 0 bridgehead atoms. The second-order valence-electron chi connectivity index (χ2n) is 9.10. The van der Waals surface area contributed by atoms with Crippen LogP contribution in [0.25, 0.3) is 0 Å². The third-order valence-corrected chi connectivity index (χ3v) is 4.27. The van der Waals surface area contributed by atoms with E-state index in [9.17, 15) is 14.4 Å². The number of carboxylic acid groups (broad SMARTS) is 3. The molecule has 31 heavy (non-hydrogen) atoms. The van der Waals surface area contributed by atoms with E-state index in [1.165, 1.54) is 0 Å². The molecule has 0 aromatic rings. The van der Waals surface area contributed by atoms with Crippen molar-refractivity contribution >= 4 is 17.9 Å². The number of carbonyl (C=O) groups is 3. The van der Waals surface area contributed by atoms with Crippen LogP contribution in [0, 0.1) is 59.5 Å². The molecule has 0 unspecified atom stereocenters. The average Bonchev–Trinajstić information content (AvgIpc) is 2.60. The van der Waals surface area contributed by atoms with Gasteiger partial charge in [0.15, 0.2) is 0 Å². The number of carboxylic acids is 3. The van der Waals surface area contributed by atoms with E-state index >= 15 is 0 Å². The Morgan fingerprint density at radius 1 is 0.484 bits per heavy atom. The predicted molar refractivity (Wildman–Crippen MR) is 123 cm³/mol. The molecule has 0 spiro atoms. The summed E-state index contributed by atoms with van der Waals surface area (Å²) in [6, 6.07) is 0. The van der Waals surface area contributed by atoms with Crippen LogP contribution >= 0.6 is 0 Å². The van der Waals surface area contributed by atoms with Gasteiger partial charge in [0.1, 0.15) is 0 Å². The Morgan fingerprint density at radius 2 is 0.677 bits per heavy atom. The SMILES string of the molecule is CC(C)CCCCC(=O)O.CC(C)CCCCC(=O)O.CC(C)CCCCC(=O)O.[Ce]. The van der Waals surface area contributed by atoms with Crippen molar-refractivity contribution in [2.75, 3.05) is 0 Å². The van der Waals surface area contributed by atoms with Crippen molar-refractivity contribution in [3.05, 3.63) is 0 Å². The number of aliphatic carboxylic acids is 3. The zero-order valence-corrected chi connectivity index (χ0v) is 23.9. The molecule has 0 heterocycles. The number of rotatable bonds is 15. The molecule has 0 saturated heterocycles. The summed E-state index contributed by atoms with van der Waals surface area (Å²) in [7, 11) is 0. The molecule has 184 valence electrons. The zero-order valence-electron chi connectivity index (χ0n) is 20.8. The molecule has 0 fully saturated rings. The van der Waals surface area contributed by atoms with E-state index in [0.29, 0.717) is 37.0 Å². The third kappa shape index (κ3) is 53.2. The van der Waals surface area contributed by atoms with Gasteiger partial charge in [0.25, 0.3) is 0 Å². The van der Waals surface area contributed by atoms with Crippen LogP contribution in [0.4, 0.5) is 0 Å². The van der Waals surface area contributed by atoms with E-state index in [0.717, 1.165) is 57.8 Å². The van der Waals surface area contributed by atoms with Gasteiger partial charge in [-0.25, -0.2) is 0 Å². The first-order valence-electron chi connectivity index (χ1n) is 11.5. The van der Waals surface area contributed by atoms with Crippen LogP contribution in [0.3, 0.4) is 0 Å². The summed E-state index contributed by atoms with van der Waals surface area (Å²) < 4.78 is 0. The quantitative estimate of drug-likeness (QED) is 0.185. The van der Waals surface area contributed by atoms with E-state index in [1.54, 1.807) is 0 Å². The molecule has 0 aliphatic heterocycles. The Hall–Kier alpha value is -0.213. The summed E-state index contributed by atoms with van der Waals surface area (Å²) in [5.41, 5.74) is 0. The van der Waals surface area contributed by atoms with Crippen LogP contribution in [0.15, 0.2) is 0 Å². The summed E-state index contributed by atoms with van der Waals surface area (Å²) in [6.45, 7) is 12.9. The van der Waals surface area contributed by atoms with E-state index in [4.69, 9.17) is 15.3 Å². The van der Waals surface area contributed by atoms with Crippen molar-refractivity contribution in [1.29, 1.82) is 0 Å². The Kier molecular flexibility index (Phi) is 34.2. The Labute approximate surface area is 224 Å². The Balaban J connectivity index is -0.000000174. The van der Waals surface area contributed by atoms with Gasteiger partial charge in [0, 0.05) is 61.0 Å². The first-order chi connectivity index (χ1) is 13.9. The van der Waals surface area contributed by atoms with Crippen molar-refractivity contribution in [3.8, 4) is 0 Å². The molecular weight excluding hydrogens is 524 g/mol. The molecular formula is C24H48CeO6. The molecule has 0 atom stereocenters. The maximum Gasteiger partial charge on any atom is 0.303 e. The first kappa shape index (κ1) is 38.1. The maximum atomic E-state index is 10.0. The van der Waals surface area contributed by atoms with Crippen LogP contribution in [-0.4, -0.2) is 33.2 Å². The minimum absolute atomic E-state index is 0. The fourth-order valence-corrected chi connectivity index (χ4v) is 2.49. The van der Waals surface area contributed by atoms with Crippen LogP contribution in [-0.2, 0) is 14.4 Å². The van der Waals surface area contributed by atoms with Crippen molar-refractivity contribution in [1.82, 2.24) is 0 Å². The van der Waals surface area contributed by atoms with Gasteiger partial charge in [-0.1, -0.05) is 80.1 Å². The van der Waals surface area contributed by atoms with Gasteiger partial charge in [-0.3, -0.25) is 14.4 Å². The Bertz CT molecular complexity index is 360. The van der Waals surface area contributed by atoms with Gasteiger partial charge >= 0.3 is 17.9 Å². The van der Waals surface area contributed by atoms with E-state index in [2.05, 4.69) is 41.5 Å². The van der Waals surface area contributed by atoms with Crippen molar-refractivity contribution in [2.24, 2.45) is 17.8 Å². The minimum Gasteiger partial charge on any atom is -0.481 e. The fraction of sp³-hybridized carbons (Fsp3) is 0.875. The topological polar surface area (TPSA) is 112 Å². The van der Waals surface area contributed by atoms with Crippen molar-refractivity contribution < 1.29 is 71.5 Å². The molecule has 0 saturated carbocycles. The summed E-state index contributed by atoms with van der Waals surface area (Å²) in [5.74, 6) is 0.0765. The van der Waals surface area contributed by atoms with Gasteiger partial charge in [-0.2, -0.15) is 0 Å². The van der Waals surface area contributed by atoms with Gasteiger partial charge in [-0.15, -0.1) is 0 Å². The molecule has 6 nitrogen and oxygen atoms in total. The maximum absolute atomic E-state index is 10.0. The van der Waals surface area contributed by atoms with Gasteiger partial charge < -0.3 is 15.3 Å². The molecule has 0 aliphatic carbocycles. The zero-order chi connectivity index (χ0) is 23.9. The monoisotopic (exact) mass is 572 g/mol. The smallest absolute Gasteiger partial charge is 0.303 e. The molecule has 0 aliphatic rings. The van der Waals surface area contributed by atoms with Gasteiger partial charge in [0.2, 0.25) is 0 Å². The summed E-state index contributed by atoms with van der Waals surface area (Å²) in [6.07, 6.45) is 10.0. The number of unbranched alkanes of at least 4 members (excludes halogenated alkanes) is 3. The van der Waals surface area contributed by atoms with Gasteiger partial charge in [-0.05, 0) is 37.0 Å². The molecule has 7 heteroatoms. The summed E-state index contributed by atoms with van der Waals surface area (Å²) in [4.78, 5) is 30.1. The molecule has 3 N–H and O–H groups in total. The van der Waals surface area contributed by atoms with Crippen LogP contribution in [0.1, 0.15) is 119 Å². The molecule has 0 radical (unpaired) electrons.